The van der Waals surface area contributed by atoms with Crippen molar-refractivity contribution in [1.29, 1.82) is 0 Å². The van der Waals surface area contributed by atoms with Gasteiger partial charge in [-0.2, -0.15) is 0 Å². The smallest absolute Gasteiger partial charge is 0.310 e. The molecule has 1 N–H and O–H groups in total. The molecule has 0 saturated heterocycles. The van der Waals surface area contributed by atoms with E-state index in [4.69, 9.17) is 5.11 Å². The highest BCUT2D eigenvalue weighted by Crippen LogP contribution is 2.25. The van der Waals surface area contributed by atoms with Crippen LogP contribution in [0, 0.1) is 6.92 Å². The summed E-state index contributed by atoms with van der Waals surface area (Å²) >= 11 is 0. The summed E-state index contributed by atoms with van der Waals surface area (Å²) in [5.41, 5.74) is 3.23. The predicted octanol–water partition coefficient (Wildman–Crippen LogP) is 3.16. The molecule has 90 valence electrons. The minimum absolute atomic E-state index is 0.455. The van der Waals surface area contributed by atoms with Crippen LogP contribution in [0.2, 0.25) is 0 Å². The lowest BCUT2D eigenvalue weighted by atomic mass is 9.99. The molecular weight excluding hydrogens is 214 g/mol. The topological polar surface area (TPSA) is 42.2 Å². The minimum atomic E-state index is -0.781. The first-order valence-corrected chi connectivity index (χ1v) is 5.86. The molecule has 2 aromatic rings. The number of aromatic nitrogens is 1. The van der Waals surface area contributed by atoms with Gasteiger partial charge in [0.2, 0.25) is 0 Å². The highest BCUT2D eigenvalue weighted by Gasteiger charge is 2.15. The Kier molecular flexibility index (Phi) is 2.92. The van der Waals surface area contributed by atoms with Crippen molar-refractivity contribution in [3.8, 4) is 0 Å². The van der Waals surface area contributed by atoms with Crippen molar-refractivity contribution >= 4 is 16.9 Å². The van der Waals surface area contributed by atoms with E-state index in [-0.39, 0.29) is 0 Å². The van der Waals surface area contributed by atoms with E-state index < -0.39 is 11.9 Å². The van der Waals surface area contributed by atoms with Gasteiger partial charge in [-0.15, -0.1) is 0 Å². The molecule has 0 amide bonds. The summed E-state index contributed by atoms with van der Waals surface area (Å²) in [6, 6.07) is 5.92. The van der Waals surface area contributed by atoms with Crippen LogP contribution < -0.4 is 0 Å². The number of nitrogens with zero attached hydrogens (tertiary/aromatic N) is 1. The van der Waals surface area contributed by atoms with Crippen LogP contribution in [0.1, 0.15) is 30.9 Å². The van der Waals surface area contributed by atoms with E-state index in [0.29, 0.717) is 0 Å². The molecule has 0 bridgehead atoms. The lowest BCUT2D eigenvalue weighted by molar-refractivity contribution is -0.138. The number of carboxylic acid groups (broad SMARTS) is 1. The van der Waals surface area contributed by atoms with Crippen molar-refractivity contribution in [2.75, 3.05) is 0 Å². The molecule has 3 heteroatoms. The third-order valence-corrected chi connectivity index (χ3v) is 3.32. The summed E-state index contributed by atoms with van der Waals surface area (Å²) in [6.07, 6.45) is 2.11. The Morgan fingerprint density at radius 3 is 2.76 bits per heavy atom. The Labute approximate surface area is 101 Å². The lowest BCUT2D eigenvalue weighted by Gasteiger charge is -2.07. The second-order valence-electron chi connectivity index (χ2n) is 4.43. The summed E-state index contributed by atoms with van der Waals surface area (Å²) in [6.45, 7) is 6.81. The zero-order valence-corrected chi connectivity index (χ0v) is 10.4. The van der Waals surface area contributed by atoms with Gasteiger partial charge in [-0.05, 0) is 44.0 Å². The van der Waals surface area contributed by atoms with Gasteiger partial charge in [0.15, 0.2) is 0 Å². The molecule has 0 aliphatic rings. The summed E-state index contributed by atoms with van der Waals surface area (Å²) in [5.74, 6) is -1.24. The maximum absolute atomic E-state index is 11.0. The average Bonchev–Trinajstić information content (AvgIpc) is 2.64. The van der Waals surface area contributed by atoms with Gasteiger partial charge >= 0.3 is 5.97 Å². The third-order valence-electron chi connectivity index (χ3n) is 3.32. The maximum Gasteiger partial charge on any atom is 0.310 e. The second kappa shape index (κ2) is 4.24. The molecule has 0 fully saturated rings. The van der Waals surface area contributed by atoms with Crippen LogP contribution in [0.5, 0.6) is 0 Å². The van der Waals surface area contributed by atoms with E-state index >= 15 is 0 Å². The number of benzene rings is 1. The Morgan fingerprint density at radius 2 is 2.18 bits per heavy atom. The van der Waals surface area contributed by atoms with Gasteiger partial charge in [-0.25, -0.2) is 0 Å². The molecule has 0 radical (unpaired) electrons. The third kappa shape index (κ3) is 1.93. The van der Waals surface area contributed by atoms with E-state index in [2.05, 4.69) is 24.6 Å². The molecule has 3 nitrogen and oxygen atoms in total. The van der Waals surface area contributed by atoms with Crippen LogP contribution in [0.25, 0.3) is 10.9 Å². The number of carbonyl (C=O) groups is 1. The van der Waals surface area contributed by atoms with E-state index in [9.17, 15) is 4.79 Å². The first-order valence-electron chi connectivity index (χ1n) is 5.86. The Morgan fingerprint density at radius 1 is 1.47 bits per heavy atom. The molecule has 1 aromatic carbocycles. The number of aliphatic carboxylic acids is 1. The summed E-state index contributed by atoms with van der Waals surface area (Å²) < 4.78 is 2.18. The van der Waals surface area contributed by atoms with Crippen molar-refractivity contribution in [3.05, 3.63) is 35.5 Å². The summed E-state index contributed by atoms with van der Waals surface area (Å²) in [7, 11) is 0. The van der Waals surface area contributed by atoms with Gasteiger partial charge in [0, 0.05) is 23.6 Å². The molecule has 0 aliphatic heterocycles. The Balaban J connectivity index is 2.58. The van der Waals surface area contributed by atoms with Crippen molar-refractivity contribution in [3.63, 3.8) is 0 Å². The average molecular weight is 231 g/mol. The Bertz CT molecular complexity index is 569. The molecule has 0 saturated carbocycles. The molecule has 17 heavy (non-hydrogen) atoms. The van der Waals surface area contributed by atoms with Crippen LogP contribution in [0.15, 0.2) is 24.4 Å². The number of carboxylic acids is 1. The highest BCUT2D eigenvalue weighted by molar-refractivity contribution is 5.86. The number of aryl methyl sites for hydroxylation is 2. The number of rotatable bonds is 3. The van der Waals surface area contributed by atoms with Crippen LogP contribution in [-0.2, 0) is 11.3 Å². The lowest BCUT2D eigenvalue weighted by Crippen LogP contribution is -2.07. The quantitative estimate of drug-likeness (QED) is 0.881. The monoisotopic (exact) mass is 231 g/mol. The van der Waals surface area contributed by atoms with E-state index in [1.165, 1.54) is 11.1 Å². The van der Waals surface area contributed by atoms with Crippen molar-refractivity contribution < 1.29 is 9.90 Å². The van der Waals surface area contributed by atoms with Gasteiger partial charge in [0.05, 0.1) is 5.92 Å². The van der Waals surface area contributed by atoms with Gasteiger partial charge < -0.3 is 9.67 Å². The SMILES string of the molecule is CCn1cc(C)c2cc(C(C)C(=O)O)ccc21. The number of fused-ring (bicyclic) bond motifs is 1. The van der Waals surface area contributed by atoms with Crippen molar-refractivity contribution in [1.82, 2.24) is 4.57 Å². The van der Waals surface area contributed by atoms with E-state index in [1.807, 2.05) is 18.2 Å². The summed E-state index contributed by atoms with van der Waals surface area (Å²) in [4.78, 5) is 11.0. The first-order chi connectivity index (χ1) is 8.04. The standard InChI is InChI=1S/C14H17NO2/c1-4-15-8-9(2)12-7-11(5-6-13(12)15)10(3)14(16)17/h5-8,10H,4H2,1-3H3,(H,16,17). The molecule has 1 atom stereocenters. The normalized spacial score (nSPS) is 12.9. The van der Waals surface area contributed by atoms with E-state index in [1.54, 1.807) is 6.92 Å². The molecule has 1 heterocycles. The molecule has 0 aliphatic carbocycles. The molecule has 1 unspecified atom stereocenters. The van der Waals surface area contributed by atoms with Crippen LogP contribution >= 0.6 is 0 Å². The fourth-order valence-electron chi connectivity index (χ4n) is 2.17. The predicted molar refractivity (Wildman–Crippen MR) is 68.4 cm³/mol. The molecule has 1 aromatic heterocycles. The molecule has 2 rings (SSSR count). The first kappa shape index (κ1) is 11.7. The van der Waals surface area contributed by atoms with Gasteiger partial charge in [-0.3, -0.25) is 4.79 Å². The minimum Gasteiger partial charge on any atom is -0.481 e. The van der Waals surface area contributed by atoms with E-state index in [0.717, 1.165) is 17.5 Å². The summed E-state index contributed by atoms with van der Waals surface area (Å²) in [5, 5.41) is 10.2. The van der Waals surface area contributed by atoms with Gasteiger partial charge in [-0.1, -0.05) is 6.07 Å². The van der Waals surface area contributed by atoms with Gasteiger partial charge in [0.25, 0.3) is 0 Å². The fraction of sp³-hybridized carbons (Fsp3) is 0.357. The van der Waals surface area contributed by atoms with Crippen molar-refractivity contribution in [2.45, 2.75) is 33.2 Å². The second-order valence-corrected chi connectivity index (χ2v) is 4.43. The van der Waals surface area contributed by atoms with Gasteiger partial charge in [0.1, 0.15) is 0 Å². The highest BCUT2D eigenvalue weighted by atomic mass is 16.4. The number of hydrogen-bond donors (Lipinski definition) is 1. The van der Waals surface area contributed by atoms with Crippen LogP contribution in [0.3, 0.4) is 0 Å². The zero-order chi connectivity index (χ0) is 12.6. The van der Waals surface area contributed by atoms with Crippen LogP contribution in [0.4, 0.5) is 0 Å². The zero-order valence-electron chi connectivity index (χ0n) is 10.4. The Hall–Kier alpha value is -1.77. The fourth-order valence-corrected chi connectivity index (χ4v) is 2.17. The van der Waals surface area contributed by atoms with Crippen LogP contribution in [-0.4, -0.2) is 15.6 Å². The molecule has 0 spiro atoms. The molecular formula is C14H17NO2. The maximum atomic E-state index is 11.0. The largest absolute Gasteiger partial charge is 0.481 e. The van der Waals surface area contributed by atoms with Crippen molar-refractivity contribution in [2.24, 2.45) is 0 Å². The number of hydrogen-bond acceptors (Lipinski definition) is 1.